The van der Waals surface area contributed by atoms with E-state index in [-0.39, 0.29) is 0 Å². The first kappa shape index (κ1) is 12.2. The molecule has 0 bridgehead atoms. The zero-order valence-corrected chi connectivity index (χ0v) is 10.6. The molecule has 0 aromatic heterocycles. The Morgan fingerprint density at radius 1 is 1.00 bits per heavy atom. The summed E-state index contributed by atoms with van der Waals surface area (Å²) in [5.41, 5.74) is 4.13. The van der Waals surface area contributed by atoms with E-state index in [2.05, 4.69) is 26.0 Å². The summed E-state index contributed by atoms with van der Waals surface area (Å²) in [5, 5.41) is 8.72. The van der Waals surface area contributed by atoms with Gasteiger partial charge in [-0.2, -0.15) is 5.26 Å². The lowest BCUT2D eigenvalue weighted by atomic mass is 10.1. The van der Waals surface area contributed by atoms with E-state index < -0.39 is 0 Å². The molecule has 90 valence electrons. The number of rotatable bonds is 3. The standard InChI is InChI=1S/C16H15NO/c1-12-7-13(2)9-16(8-12)18-11-15-5-3-14(10-17)4-6-15/h3-9H,11H2,1-2H3. The van der Waals surface area contributed by atoms with Crippen LogP contribution in [-0.2, 0) is 6.61 Å². The Hall–Kier alpha value is -2.27. The molecule has 0 radical (unpaired) electrons. The Morgan fingerprint density at radius 3 is 2.17 bits per heavy atom. The Morgan fingerprint density at radius 2 is 1.61 bits per heavy atom. The lowest BCUT2D eigenvalue weighted by Gasteiger charge is -2.08. The fourth-order valence-electron chi connectivity index (χ4n) is 1.86. The van der Waals surface area contributed by atoms with Gasteiger partial charge in [-0.3, -0.25) is 0 Å². The van der Waals surface area contributed by atoms with Crippen molar-refractivity contribution in [3.63, 3.8) is 0 Å². The van der Waals surface area contributed by atoms with E-state index in [1.165, 1.54) is 11.1 Å². The molecule has 0 heterocycles. The maximum atomic E-state index is 8.72. The third kappa shape index (κ3) is 3.11. The van der Waals surface area contributed by atoms with E-state index in [0.29, 0.717) is 12.2 Å². The Kier molecular flexibility index (Phi) is 3.64. The molecular formula is C16H15NO. The molecule has 0 aliphatic rings. The number of hydrogen-bond acceptors (Lipinski definition) is 2. The molecule has 0 aliphatic carbocycles. The first-order valence-corrected chi connectivity index (χ1v) is 5.87. The van der Waals surface area contributed by atoms with Crippen molar-refractivity contribution in [2.24, 2.45) is 0 Å². The minimum atomic E-state index is 0.522. The van der Waals surface area contributed by atoms with Crippen molar-refractivity contribution in [3.8, 4) is 11.8 Å². The molecule has 2 aromatic rings. The normalized spacial score (nSPS) is 9.83. The van der Waals surface area contributed by atoms with Gasteiger partial charge in [-0.25, -0.2) is 0 Å². The van der Waals surface area contributed by atoms with Crippen molar-refractivity contribution in [1.82, 2.24) is 0 Å². The highest BCUT2D eigenvalue weighted by Gasteiger charge is 1.98. The van der Waals surface area contributed by atoms with Crippen LogP contribution in [0.4, 0.5) is 0 Å². The second-order valence-electron chi connectivity index (χ2n) is 4.42. The van der Waals surface area contributed by atoms with Gasteiger partial charge in [-0.1, -0.05) is 18.2 Å². The van der Waals surface area contributed by atoms with Crippen molar-refractivity contribution >= 4 is 0 Å². The van der Waals surface area contributed by atoms with Gasteiger partial charge in [0.05, 0.1) is 11.6 Å². The van der Waals surface area contributed by atoms with Gasteiger partial charge < -0.3 is 4.74 Å². The Labute approximate surface area is 107 Å². The molecule has 0 saturated carbocycles. The summed E-state index contributed by atoms with van der Waals surface area (Å²) in [5.74, 6) is 0.886. The van der Waals surface area contributed by atoms with Crippen LogP contribution < -0.4 is 4.74 Å². The Balaban J connectivity index is 2.04. The monoisotopic (exact) mass is 237 g/mol. The molecule has 2 heteroatoms. The summed E-state index contributed by atoms with van der Waals surface area (Å²) < 4.78 is 5.74. The van der Waals surface area contributed by atoms with Gasteiger partial charge in [0.2, 0.25) is 0 Å². The van der Waals surface area contributed by atoms with Crippen molar-refractivity contribution in [2.75, 3.05) is 0 Å². The third-order valence-corrected chi connectivity index (χ3v) is 2.68. The third-order valence-electron chi connectivity index (χ3n) is 2.68. The van der Waals surface area contributed by atoms with Crippen LogP contribution >= 0.6 is 0 Å². The number of ether oxygens (including phenoxy) is 1. The zero-order chi connectivity index (χ0) is 13.0. The largest absolute Gasteiger partial charge is 0.489 e. The highest BCUT2D eigenvalue weighted by molar-refractivity contribution is 5.34. The molecule has 0 N–H and O–H groups in total. The van der Waals surface area contributed by atoms with Gasteiger partial charge in [-0.15, -0.1) is 0 Å². The maximum absolute atomic E-state index is 8.72. The minimum absolute atomic E-state index is 0.522. The summed E-state index contributed by atoms with van der Waals surface area (Å²) in [6.45, 7) is 4.64. The SMILES string of the molecule is Cc1cc(C)cc(OCc2ccc(C#N)cc2)c1. The average Bonchev–Trinajstić information content (AvgIpc) is 2.36. The van der Waals surface area contributed by atoms with Gasteiger partial charge in [0, 0.05) is 0 Å². The van der Waals surface area contributed by atoms with E-state index in [0.717, 1.165) is 11.3 Å². The van der Waals surface area contributed by atoms with Crippen molar-refractivity contribution < 1.29 is 4.74 Å². The van der Waals surface area contributed by atoms with Crippen LogP contribution in [0.25, 0.3) is 0 Å². The fraction of sp³-hybridized carbons (Fsp3) is 0.188. The number of hydrogen-bond donors (Lipinski definition) is 0. The van der Waals surface area contributed by atoms with Crippen molar-refractivity contribution in [3.05, 3.63) is 64.7 Å². The van der Waals surface area contributed by atoms with Crippen LogP contribution in [0.15, 0.2) is 42.5 Å². The summed E-state index contributed by atoms with van der Waals surface area (Å²) in [6, 6.07) is 15.7. The van der Waals surface area contributed by atoms with Crippen LogP contribution in [0.5, 0.6) is 5.75 Å². The predicted octanol–water partition coefficient (Wildman–Crippen LogP) is 3.75. The molecule has 0 saturated heterocycles. The van der Waals surface area contributed by atoms with Gasteiger partial charge >= 0.3 is 0 Å². The number of benzene rings is 2. The first-order chi connectivity index (χ1) is 8.67. The molecule has 18 heavy (non-hydrogen) atoms. The maximum Gasteiger partial charge on any atom is 0.120 e. The number of nitriles is 1. The van der Waals surface area contributed by atoms with Crippen LogP contribution in [0.3, 0.4) is 0 Å². The van der Waals surface area contributed by atoms with Crippen LogP contribution in [0.1, 0.15) is 22.3 Å². The lowest BCUT2D eigenvalue weighted by Crippen LogP contribution is -1.96. The van der Waals surface area contributed by atoms with E-state index in [1.54, 1.807) is 12.1 Å². The molecule has 0 aliphatic heterocycles. The van der Waals surface area contributed by atoms with Crippen LogP contribution in [-0.4, -0.2) is 0 Å². The Bertz CT molecular complexity index is 559. The topological polar surface area (TPSA) is 33.0 Å². The van der Waals surface area contributed by atoms with Crippen LogP contribution in [0, 0.1) is 25.2 Å². The van der Waals surface area contributed by atoms with Gasteiger partial charge in [0.25, 0.3) is 0 Å². The highest BCUT2D eigenvalue weighted by Crippen LogP contribution is 2.17. The minimum Gasteiger partial charge on any atom is -0.489 e. The molecule has 0 unspecified atom stereocenters. The van der Waals surface area contributed by atoms with E-state index >= 15 is 0 Å². The zero-order valence-electron chi connectivity index (χ0n) is 10.6. The molecule has 2 aromatic carbocycles. The van der Waals surface area contributed by atoms with Gasteiger partial charge in [0.1, 0.15) is 12.4 Å². The van der Waals surface area contributed by atoms with Crippen molar-refractivity contribution in [1.29, 1.82) is 5.26 Å². The van der Waals surface area contributed by atoms with Crippen LogP contribution in [0.2, 0.25) is 0 Å². The molecule has 0 spiro atoms. The predicted molar refractivity (Wildman–Crippen MR) is 71.4 cm³/mol. The lowest BCUT2D eigenvalue weighted by molar-refractivity contribution is 0.306. The van der Waals surface area contributed by atoms with E-state index in [4.69, 9.17) is 10.00 Å². The number of nitrogens with zero attached hydrogens (tertiary/aromatic N) is 1. The first-order valence-electron chi connectivity index (χ1n) is 5.87. The molecule has 0 amide bonds. The number of aryl methyl sites for hydroxylation is 2. The van der Waals surface area contributed by atoms with Gasteiger partial charge in [-0.05, 0) is 54.8 Å². The van der Waals surface area contributed by atoms with Crippen molar-refractivity contribution in [2.45, 2.75) is 20.5 Å². The second-order valence-corrected chi connectivity index (χ2v) is 4.42. The molecular weight excluding hydrogens is 222 g/mol. The summed E-state index contributed by atoms with van der Waals surface area (Å²) in [6.07, 6.45) is 0. The second kappa shape index (κ2) is 5.37. The molecule has 2 nitrogen and oxygen atoms in total. The average molecular weight is 237 g/mol. The van der Waals surface area contributed by atoms with E-state index in [9.17, 15) is 0 Å². The molecule has 2 rings (SSSR count). The smallest absolute Gasteiger partial charge is 0.120 e. The fourth-order valence-corrected chi connectivity index (χ4v) is 1.86. The highest BCUT2D eigenvalue weighted by atomic mass is 16.5. The summed E-state index contributed by atoms with van der Waals surface area (Å²) in [7, 11) is 0. The summed E-state index contributed by atoms with van der Waals surface area (Å²) >= 11 is 0. The molecule has 0 fully saturated rings. The summed E-state index contributed by atoms with van der Waals surface area (Å²) in [4.78, 5) is 0. The van der Waals surface area contributed by atoms with Gasteiger partial charge in [0.15, 0.2) is 0 Å². The van der Waals surface area contributed by atoms with E-state index in [1.807, 2.05) is 24.3 Å². The quantitative estimate of drug-likeness (QED) is 0.814. The molecule has 0 atom stereocenters.